The second kappa shape index (κ2) is 8.94. The van der Waals surface area contributed by atoms with E-state index in [-0.39, 0.29) is 6.04 Å². The summed E-state index contributed by atoms with van der Waals surface area (Å²) < 4.78 is 5.46. The van der Waals surface area contributed by atoms with E-state index in [0.29, 0.717) is 0 Å². The fourth-order valence-corrected chi connectivity index (χ4v) is 2.39. The first-order valence-electron chi connectivity index (χ1n) is 7.33. The third-order valence-electron chi connectivity index (χ3n) is 3.56. The summed E-state index contributed by atoms with van der Waals surface area (Å²) >= 11 is 0. The average molecular weight is 264 g/mol. The van der Waals surface area contributed by atoms with Gasteiger partial charge in [0.05, 0.1) is 7.11 Å². The molecule has 0 fully saturated rings. The minimum Gasteiger partial charge on any atom is -0.496 e. The van der Waals surface area contributed by atoms with Crippen LogP contribution < -0.4 is 16.0 Å². The van der Waals surface area contributed by atoms with Crippen LogP contribution >= 0.6 is 0 Å². The van der Waals surface area contributed by atoms with Gasteiger partial charge in [0.15, 0.2) is 0 Å². The molecule has 1 aromatic rings. The highest BCUT2D eigenvalue weighted by Gasteiger charge is 2.14. The smallest absolute Gasteiger partial charge is 0.123 e. The van der Waals surface area contributed by atoms with Crippen LogP contribution in [0, 0.1) is 6.92 Å². The Morgan fingerprint density at radius 3 is 2.58 bits per heavy atom. The molecule has 1 aromatic carbocycles. The van der Waals surface area contributed by atoms with Crippen LogP contribution in [0.5, 0.6) is 5.75 Å². The zero-order valence-corrected chi connectivity index (χ0v) is 12.5. The minimum atomic E-state index is 0.178. The molecule has 0 spiro atoms. The molecule has 0 amide bonds. The Morgan fingerprint density at radius 2 is 1.95 bits per heavy atom. The predicted molar refractivity (Wildman–Crippen MR) is 81.2 cm³/mol. The number of unbranched alkanes of at least 4 members (excludes halogenated alkanes) is 4. The van der Waals surface area contributed by atoms with E-state index >= 15 is 0 Å². The first-order valence-corrected chi connectivity index (χ1v) is 7.33. The van der Waals surface area contributed by atoms with Crippen molar-refractivity contribution in [1.82, 2.24) is 5.43 Å². The molecule has 0 aromatic heterocycles. The molecule has 1 rings (SSSR count). The molecule has 0 saturated heterocycles. The summed E-state index contributed by atoms with van der Waals surface area (Å²) in [5, 5.41) is 0. The van der Waals surface area contributed by atoms with Crippen LogP contribution in [-0.4, -0.2) is 7.11 Å². The molecular formula is C16H28N2O. The predicted octanol–water partition coefficient (Wildman–Crippen LogP) is 3.87. The van der Waals surface area contributed by atoms with Gasteiger partial charge in [-0.25, -0.2) is 0 Å². The van der Waals surface area contributed by atoms with E-state index in [1.807, 2.05) is 0 Å². The number of hydrogen-bond donors (Lipinski definition) is 2. The lowest BCUT2D eigenvalue weighted by molar-refractivity contribution is 0.392. The Hall–Kier alpha value is -1.06. The lowest BCUT2D eigenvalue weighted by Crippen LogP contribution is -2.28. The number of hydrazine groups is 1. The van der Waals surface area contributed by atoms with Crippen molar-refractivity contribution in [1.29, 1.82) is 0 Å². The van der Waals surface area contributed by atoms with Crippen LogP contribution in [0.1, 0.15) is 62.6 Å². The van der Waals surface area contributed by atoms with E-state index in [9.17, 15) is 0 Å². The molecule has 3 heteroatoms. The van der Waals surface area contributed by atoms with Gasteiger partial charge >= 0.3 is 0 Å². The van der Waals surface area contributed by atoms with Gasteiger partial charge in [0, 0.05) is 11.6 Å². The highest BCUT2D eigenvalue weighted by molar-refractivity contribution is 5.39. The van der Waals surface area contributed by atoms with E-state index in [0.717, 1.165) is 17.7 Å². The number of ether oxygens (including phenoxy) is 1. The lowest BCUT2D eigenvalue weighted by atomic mass is 9.98. The zero-order chi connectivity index (χ0) is 14.1. The topological polar surface area (TPSA) is 47.3 Å². The molecule has 0 bridgehead atoms. The third-order valence-corrected chi connectivity index (χ3v) is 3.56. The summed E-state index contributed by atoms with van der Waals surface area (Å²) in [6.45, 7) is 4.31. The highest BCUT2D eigenvalue weighted by atomic mass is 16.5. The monoisotopic (exact) mass is 264 g/mol. The summed E-state index contributed by atoms with van der Waals surface area (Å²) in [4.78, 5) is 0. The molecule has 1 unspecified atom stereocenters. The minimum absolute atomic E-state index is 0.178. The van der Waals surface area contributed by atoms with Crippen molar-refractivity contribution in [3.05, 3.63) is 29.3 Å². The summed E-state index contributed by atoms with van der Waals surface area (Å²) in [5.41, 5.74) is 5.29. The Bertz CT molecular complexity index is 366. The number of methoxy groups -OCH3 is 1. The van der Waals surface area contributed by atoms with Gasteiger partial charge in [0.25, 0.3) is 0 Å². The van der Waals surface area contributed by atoms with E-state index in [4.69, 9.17) is 10.6 Å². The van der Waals surface area contributed by atoms with Crippen LogP contribution in [0.3, 0.4) is 0 Å². The maximum Gasteiger partial charge on any atom is 0.123 e. The number of hydrogen-bond acceptors (Lipinski definition) is 3. The molecule has 0 aliphatic rings. The number of nitrogens with two attached hydrogens (primary N) is 1. The Kier molecular flexibility index (Phi) is 7.53. The van der Waals surface area contributed by atoms with E-state index in [2.05, 4.69) is 37.5 Å². The third kappa shape index (κ3) is 5.21. The van der Waals surface area contributed by atoms with E-state index in [1.54, 1.807) is 7.11 Å². The van der Waals surface area contributed by atoms with Crippen molar-refractivity contribution in [2.75, 3.05) is 7.11 Å². The van der Waals surface area contributed by atoms with Gasteiger partial charge < -0.3 is 4.74 Å². The molecule has 3 N–H and O–H groups in total. The van der Waals surface area contributed by atoms with Crippen molar-refractivity contribution < 1.29 is 4.74 Å². The standard InChI is InChI=1S/C16H28N2O/c1-4-5-6-7-8-9-15(18-17)14-11-10-13(2)12-16(14)19-3/h10-12,15,18H,4-9,17H2,1-3H3. The largest absolute Gasteiger partial charge is 0.496 e. The number of nitrogens with one attached hydrogen (secondary N) is 1. The number of rotatable bonds is 9. The molecule has 108 valence electrons. The van der Waals surface area contributed by atoms with Crippen molar-refractivity contribution in [2.45, 2.75) is 58.4 Å². The second-order valence-corrected chi connectivity index (χ2v) is 5.17. The quantitative estimate of drug-likeness (QED) is 0.404. The van der Waals surface area contributed by atoms with Crippen LogP contribution in [0.25, 0.3) is 0 Å². The Morgan fingerprint density at radius 1 is 1.21 bits per heavy atom. The maximum absolute atomic E-state index is 5.70. The SMILES string of the molecule is CCCCCCCC(NN)c1ccc(C)cc1OC. The molecule has 0 aliphatic carbocycles. The Balaban J connectivity index is 2.58. The van der Waals surface area contributed by atoms with Crippen LogP contribution in [0.4, 0.5) is 0 Å². The summed E-state index contributed by atoms with van der Waals surface area (Å²) in [6, 6.07) is 6.47. The van der Waals surface area contributed by atoms with Crippen LogP contribution in [0.15, 0.2) is 18.2 Å². The number of aryl methyl sites for hydroxylation is 1. The molecule has 0 radical (unpaired) electrons. The number of benzene rings is 1. The van der Waals surface area contributed by atoms with Gasteiger partial charge in [-0.15, -0.1) is 0 Å². The van der Waals surface area contributed by atoms with Crippen molar-refractivity contribution in [3.63, 3.8) is 0 Å². The Labute approximate surface area is 117 Å². The first-order chi connectivity index (χ1) is 9.22. The highest BCUT2D eigenvalue weighted by Crippen LogP contribution is 2.29. The van der Waals surface area contributed by atoms with Crippen molar-refractivity contribution >= 4 is 0 Å². The molecule has 3 nitrogen and oxygen atoms in total. The first kappa shape index (κ1) is 16.0. The van der Waals surface area contributed by atoms with Gasteiger partial charge in [-0.2, -0.15) is 0 Å². The normalized spacial score (nSPS) is 12.4. The van der Waals surface area contributed by atoms with Gasteiger partial charge in [0.1, 0.15) is 5.75 Å². The molecular weight excluding hydrogens is 236 g/mol. The molecule has 19 heavy (non-hydrogen) atoms. The van der Waals surface area contributed by atoms with Gasteiger partial charge in [-0.3, -0.25) is 11.3 Å². The molecule has 1 atom stereocenters. The summed E-state index contributed by atoms with van der Waals surface area (Å²) in [6.07, 6.45) is 7.46. The van der Waals surface area contributed by atoms with Gasteiger partial charge in [0.2, 0.25) is 0 Å². The van der Waals surface area contributed by atoms with Gasteiger partial charge in [-0.1, -0.05) is 51.2 Å². The second-order valence-electron chi connectivity index (χ2n) is 5.17. The fourth-order valence-electron chi connectivity index (χ4n) is 2.39. The van der Waals surface area contributed by atoms with E-state index in [1.165, 1.54) is 37.7 Å². The van der Waals surface area contributed by atoms with Crippen molar-refractivity contribution in [2.24, 2.45) is 5.84 Å². The van der Waals surface area contributed by atoms with E-state index < -0.39 is 0 Å². The van der Waals surface area contributed by atoms with Crippen LogP contribution in [-0.2, 0) is 0 Å². The lowest BCUT2D eigenvalue weighted by Gasteiger charge is -2.19. The molecule has 0 aliphatic heterocycles. The fraction of sp³-hybridized carbons (Fsp3) is 0.625. The molecule has 0 heterocycles. The summed E-state index contributed by atoms with van der Waals surface area (Å²) in [5.74, 6) is 6.63. The molecule has 0 saturated carbocycles. The van der Waals surface area contributed by atoms with Crippen molar-refractivity contribution in [3.8, 4) is 5.75 Å². The average Bonchev–Trinajstić information content (AvgIpc) is 2.43. The zero-order valence-electron chi connectivity index (χ0n) is 12.5. The summed E-state index contributed by atoms with van der Waals surface area (Å²) in [7, 11) is 1.72. The maximum atomic E-state index is 5.70. The van der Waals surface area contributed by atoms with Crippen LogP contribution in [0.2, 0.25) is 0 Å². The van der Waals surface area contributed by atoms with Gasteiger partial charge in [-0.05, 0) is 25.0 Å².